The van der Waals surface area contributed by atoms with E-state index in [1.165, 1.54) is 0 Å². The Morgan fingerprint density at radius 1 is 0.359 bits per heavy atom. The lowest BCUT2D eigenvalue weighted by atomic mass is 9.85. The van der Waals surface area contributed by atoms with Crippen LogP contribution in [0, 0.1) is 0 Å². The molecule has 0 atom stereocenters. The highest BCUT2D eigenvalue weighted by atomic mass is 32.3. The minimum atomic E-state index is -9.58. The van der Waals surface area contributed by atoms with Crippen molar-refractivity contribution in [1.29, 1.82) is 0 Å². The molecule has 0 unspecified atom stereocenters. The van der Waals surface area contributed by atoms with Crippen molar-refractivity contribution in [1.82, 2.24) is 0 Å². The monoisotopic (exact) mass is 666 g/mol. The van der Waals surface area contributed by atoms with Crippen molar-refractivity contribution in [3.63, 3.8) is 0 Å². The van der Waals surface area contributed by atoms with Gasteiger partial charge in [0.25, 0.3) is 0 Å². The minimum Gasteiger partial charge on any atom is -0.244 e. The molecule has 0 heterocycles. The van der Waals surface area contributed by atoms with Crippen LogP contribution in [0.4, 0.5) is 105 Å². The van der Waals surface area contributed by atoms with Crippen LogP contribution >= 0.6 is 0 Å². The average molecular weight is 666 g/mol. The highest BCUT2D eigenvalue weighted by Crippen LogP contribution is 2.67. The molecule has 0 spiro atoms. The van der Waals surface area contributed by atoms with Crippen LogP contribution in [0.2, 0.25) is 0 Å². The maximum absolute atomic E-state index is 13.5. The standard InChI is InChI=1S/C12H2F24O2S/c13-1-2(14,15)3(16,17)4(18,19)5(20,21)6(22,23)7(24,25)8(26,27)9(28,29)10(30,31)11(32,33)12(34,35)39(36,37)38/h1H2. The van der Waals surface area contributed by atoms with Gasteiger partial charge in [0, 0.05) is 0 Å². The Morgan fingerprint density at radius 2 is 0.538 bits per heavy atom. The van der Waals surface area contributed by atoms with Crippen molar-refractivity contribution in [3.05, 3.63) is 0 Å². The van der Waals surface area contributed by atoms with Crippen LogP contribution in [0.5, 0.6) is 0 Å². The Labute approximate surface area is 196 Å². The van der Waals surface area contributed by atoms with Crippen molar-refractivity contribution in [2.75, 3.05) is 6.67 Å². The summed E-state index contributed by atoms with van der Waals surface area (Å²) in [7, 11) is -8.67. The topological polar surface area (TPSA) is 34.1 Å². The van der Waals surface area contributed by atoms with Gasteiger partial charge in [0.05, 0.1) is 0 Å². The van der Waals surface area contributed by atoms with Gasteiger partial charge in [-0.15, -0.1) is 0 Å². The van der Waals surface area contributed by atoms with Crippen molar-refractivity contribution in [2.45, 2.75) is 64.5 Å². The molecule has 0 amide bonds. The summed E-state index contributed by atoms with van der Waals surface area (Å²) in [5.41, 5.74) is 0. The number of rotatable bonds is 12. The van der Waals surface area contributed by atoms with Crippen molar-refractivity contribution < 1.29 is 113 Å². The Hall–Kier alpha value is -1.73. The van der Waals surface area contributed by atoms with Crippen LogP contribution in [0.25, 0.3) is 0 Å². The van der Waals surface area contributed by atoms with E-state index in [0.717, 1.165) is 0 Å². The minimum absolute atomic E-state index is 4.24. The van der Waals surface area contributed by atoms with Gasteiger partial charge in [0.15, 0.2) is 6.67 Å². The Balaban J connectivity index is 7.36. The molecule has 0 aromatic heterocycles. The molecule has 0 rings (SSSR count). The van der Waals surface area contributed by atoms with E-state index in [1.54, 1.807) is 0 Å². The molecule has 2 nitrogen and oxygen atoms in total. The molecule has 0 fully saturated rings. The quantitative estimate of drug-likeness (QED) is 0.163. The van der Waals surface area contributed by atoms with Crippen LogP contribution in [0.15, 0.2) is 0 Å². The van der Waals surface area contributed by atoms with E-state index < -0.39 is 81.4 Å². The second-order valence-electron chi connectivity index (χ2n) is 6.96. The molecule has 0 aliphatic rings. The van der Waals surface area contributed by atoms with Crippen molar-refractivity contribution in [3.8, 4) is 0 Å². The average Bonchev–Trinajstić information content (AvgIpc) is 2.71. The third-order valence-corrected chi connectivity index (χ3v) is 5.32. The van der Waals surface area contributed by atoms with Gasteiger partial charge in [-0.25, -0.2) is 4.39 Å². The molecule has 0 aliphatic carbocycles. The SMILES string of the molecule is O=S(=O)(F)C(F)(F)C(F)(F)C(F)(F)C(F)(F)C(F)(F)C(F)(F)C(F)(F)C(F)(F)C(F)(F)C(F)(F)C(F)(F)CF. The highest BCUT2D eigenvalue weighted by molar-refractivity contribution is 7.87. The smallest absolute Gasteiger partial charge is 0.244 e. The van der Waals surface area contributed by atoms with Gasteiger partial charge in [-0.2, -0.15) is 105 Å². The van der Waals surface area contributed by atoms with Gasteiger partial charge in [0.2, 0.25) is 0 Å². The maximum atomic E-state index is 13.5. The second-order valence-corrected chi connectivity index (χ2v) is 8.35. The maximum Gasteiger partial charge on any atom is 0.442 e. The van der Waals surface area contributed by atoms with Gasteiger partial charge < -0.3 is 0 Å². The van der Waals surface area contributed by atoms with Gasteiger partial charge in [-0.05, 0) is 0 Å². The number of halogens is 24. The summed E-state index contributed by atoms with van der Waals surface area (Å²) in [5.74, 6) is -90.3. The first-order valence-corrected chi connectivity index (χ1v) is 9.35. The molecule has 0 bridgehead atoms. The summed E-state index contributed by atoms with van der Waals surface area (Å²) in [6.45, 7) is -4.24. The third kappa shape index (κ3) is 4.24. The van der Waals surface area contributed by atoms with E-state index in [2.05, 4.69) is 0 Å². The van der Waals surface area contributed by atoms with E-state index in [9.17, 15) is 113 Å². The van der Waals surface area contributed by atoms with E-state index in [4.69, 9.17) is 0 Å². The number of hydrogen-bond donors (Lipinski definition) is 0. The van der Waals surface area contributed by atoms with Gasteiger partial charge in [-0.1, -0.05) is 3.89 Å². The van der Waals surface area contributed by atoms with Gasteiger partial charge in [0.1, 0.15) is 0 Å². The van der Waals surface area contributed by atoms with Crippen molar-refractivity contribution >= 4 is 10.2 Å². The fraction of sp³-hybridized carbons (Fsp3) is 1.00. The van der Waals surface area contributed by atoms with Gasteiger partial charge >= 0.3 is 74.7 Å². The molecule has 0 radical (unpaired) electrons. The summed E-state index contributed by atoms with van der Waals surface area (Å²) in [6, 6.07) is 0. The first-order valence-electron chi connectivity index (χ1n) is 7.97. The number of hydrogen-bond acceptors (Lipinski definition) is 2. The number of alkyl halides is 23. The van der Waals surface area contributed by atoms with E-state index >= 15 is 0 Å². The molecular formula is C12H2F24O2S. The van der Waals surface area contributed by atoms with Crippen LogP contribution in [-0.2, 0) is 10.2 Å². The molecule has 0 aliphatic heterocycles. The molecule has 27 heteroatoms. The molecule has 0 aromatic carbocycles. The lowest BCUT2D eigenvalue weighted by Gasteiger charge is -2.45. The first-order chi connectivity index (χ1) is 16.3. The molecule has 0 N–H and O–H groups in total. The summed E-state index contributed by atoms with van der Waals surface area (Å²) < 4.78 is 334. The summed E-state index contributed by atoms with van der Waals surface area (Å²) in [4.78, 5) is 0. The van der Waals surface area contributed by atoms with Crippen LogP contribution < -0.4 is 0 Å². The zero-order chi connectivity index (χ0) is 32.7. The van der Waals surface area contributed by atoms with E-state index in [0.29, 0.717) is 0 Å². The Morgan fingerprint density at radius 3 is 0.718 bits per heavy atom. The predicted molar refractivity (Wildman–Crippen MR) is 70.4 cm³/mol. The van der Waals surface area contributed by atoms with Crippen LogP contribution in [-0.4, -0.2) is 79.6 Å². The molecule has 39 heavy (non-hydrogen) atoms. The zero-order valence-electron chi connectivity index (χ0n) is 16.5. The molecule has 236 valence electrons. The van der Waals surface area contributed by atoms with Crippen molar-refractivity contribution in [2.24, 2.45) is 0 Å². The lowest BCUT2D eigenvalue weighted by molar-refractivity contribution is -0.472. The summed E-state index contributed by atoms with van der Waals surface area (Å²) in [5, 5.41) is -8.36. The lowest BCUT2D eigenvalue weighted by Crippen LogP contribution is -2.78. The molecule has 0 saturated heterocycles. The van der Waals surface area contributed by atoms with E-state index in [1.807, 2.05) is 0 Å². The first kappa shape index (κ1) is 37.3. The molecule has 0 aromatic rings. The normalized spacial score (nSPS) is 17.0. The second kappa shape index (κ2) is 8.88. The fourth-order valence-electron chi connectivity index (χ4n) is 2.03. The summed E-state index contributed by atoms with van der Waals surface area (Å²) in [6.07, 6.45) is 0. The third-order valence-electron chi connectivity index (χ3n) is 4.45. The Kier molecular flexibility index (Phi) is 8.49. The Bertz CT molecular complexity index is 1020. The molecular weight excluding hydrogens is 664 g/mol. The van der Waals surface area contributed by atoms with Crippen LogP contribution in [0.1, 0.15) is 0 Å². The van der Waals surface area contributed by atoms with E-state index in [-0.39, 0.29) is 0 Å². The fourth-order valence-corrected chi connectivity index (χ4v) is 2.46. The molecule has 0 saturated carbocycles. The largest absolute Gasteiger partial charge is 0.442 e. The summed E-state index contributed by atoms with van der Waals surface area (Å²) >= 11 is 0. The highest BCUT2D eigenvalue weighted by Gasteiger charge is 2.99. The zero-order valence-corrected chi connectivity index (χ0v) is 17.3. The predicted octanol–water partition coefficient (Wildman–Crippen LogP) is 7.20. The van der Waals surface area contributed by atoms with Crippen LogP contribution in [0.3, 0.4) is 0 Å². The van der Waals surface area contributed by atoms with Gasteiger partial charge in [-0.3, -0.25) is 0 Å².